The SMILES string of the molecule is CCc1nc(CCNC(=O)CCOc2ccccc2OC)sc1C. The molecule has 1 amide bonds. The van der Waals surface area contributed by atoms with Crippen molar-refractivity contribution in [2.75, 3.05) is 20.3 Å². The molecule has 0 unspecified atom stereocenters. The van der Waals surface area contributed by atoms with Crippen molar-refractivity contribution in [1.29, 1.82) is 0 Å². The van der Waals surface area contributed by atoms with E-state index in [1.807, 2.05) is 24.3 Å². The van der Waals surface area contributed by atoms with Crippen LogP contribution in [0.3, 0.4) is 0 Å². The molecule has 0 saturated heterocycles. The van der Waals surface area contributed by atoms with Crippen LogP contribution in [-0.2, 0) is 17.6 Å². The zero-order valence-electron chi connectivity index (χ0n) is 14.4. The maximum Gasteiger partial charge on any atom is 0.223 e. The average molecular weight is 348 g/mol. The first-order chi connectivity index (χ1) is 11.6. The number of rotatable bonds is 9. The van der Waals surface area contributed by atoms with Crippen LogP contribution in [0.2, 0.25) is 0 Å². The van der Waals surface area contributed by atoms with E-state index >= 15 is 0 Å². The second kappa shape index (κ2) is 9.27. The molecular weight excluding hydrogens is 324 g/mol. The number of carbonyl (C=O) groups excluding carboxylic acids is 1. The molecule has 130 valence electrons. The molecule has 0 bridgehead atoms. The Bertz CT molecular complexity index is 670. The van der Waals surface area contributed by atoms with Crippen molar-refractivity contribution in [2.24, 2.45) is 0 Å². The summed E-state index contributed by atoms with van der Waals surface area (Å²) in [6.45, 7) is 5.12. The number of carbonyl (C=O) groups is 1. The number of methoxy groups -OCH3 is 1. The van der Waals surface area contributed by atoms with E-state index in [2.05, 4.69) is 24.1 Å². The van der Waals surface area contributed by atoms with E-state index in [1.54, 1.807) is 18.4 Å². The molecule has 0 aliphatic heterocycles. The summed E-state index contributed by atoms with van der Waals surface area (Å²) in [7, 11) is 1.60. The van der Waals surface area contributed by atoms with Gasteiger partial charge in [0.2, 0.25) is 5.91 Å². The zero-order chi connectivity index (χ0) is 17.4. The number of aromatic nitrogens is 1. The van der Waals surface area contributed by atoms with Crippen LogP contribution in [0.1, 0.15) is 28.9 Å². The molecule has 1 N–H and O–H groups in total. The summed E-state index contributed by atoms with van der Waals surface area (Å²) in [5, 5.41) is 3.99. The van der Waals surface area contributed by atoms with Gasteiger partial charge in [0, 0.05) is 17.8 Å². The molecule has 24 heavy (non-hydrogen) atoms. The number of para-hydroxylation sites is 2. The van der Waals surface area contributed by atoms with Gasteiger partial charge in [-0.1, -0.05) is 19.1 Å². The number of benzene rings is 1. The number of hydrogen-bond donors (Lipinski definition) is 1. The first kappa shape index (κ1) is 18.3. The second-order valence-corrected chi connectivity index (χ2v) is 6.60. The summed E-state index contributed by atoms with van der Waals surface area (Å²) in [5.41, 5.74) is 1.16. The van der Waals surface area contributed by atoms with E-state index in [9.17, 15) is 4.79 Å². The summed E-state index contributed by atoms with van der Waals surface area (Å²) in [5.74, 6) is 1.30. The van der Waals surface area contributed by atoms with Gasteiger partial charge >= 0.3 is 0 Å². The topological polar surface area (TPSA) is 60.5 Å². The fourth-order valence-corrected chi connectivity index (χ4v) is 3.33. The minimum atomic E-state index is -0.0195. The van der Waals surface area contributed by atoms with Crippen LogP contribution in [0.25, 0.3) is 0 Å². The molecule has 5 nitrogen and oxygen atoms in total. The fourth-order valence-electron chi connectivity index (χ4n) is 2.31. The van der Waals surface area contributed by atoms with Crippen molar-refractivity contribution in [3.8, 4) is 11.5 Å². The van der Waals surface area contributed by atoms with Crippen LogP contribution in [0.5, 0.6) is 11.5 Å². The van der Waals surface area contributed by atoms with Crippen molar-refractivity contribution in [1.82, 2.24) is 10.3 Å². The maximum absolute atomic E-state index is 11.9. The standard InChI is InChI=1S/C18H24N2O3S/c1-4-14-13(2)24-18(20-14)9-11-19-17(21)10-12-23-16-8-6-5-7-15(16)22-3/h5-8H,4,9-12H2,1-3H3,(H,19,21). The quantitative estimate of drug-likeness (QED) is 0.756. The molecule has 1 aromatic carbocycles. The zero-order valence-corrected chi connectivity index (χ0v) is 15.2. The van der Waals surface area contributed by atoms with Crippen molar-refractivity contribution in [2.45, 2.75) is 33.1 Å². The van der Waals surface area contributed by atoms with E-state index in [4.69, 9.17) is 9.47 Å². The first-order valence-corrected chi connectivity index (χ1v) is 8.93. The van der Waals surface area contributed by atoms with Gasteiger partial charge in [0.15, 0.2) is 11.5 Å². The maximum atomic E-state index is 11.9. The summed E-state index contributed by atoms with van der Waals surface area (Å²) in [6.07, 6.45) is 2.04. The van der Waals surface area contributed by atoms with E-state index < -0.39 is 0 Å². The van der Waals surface area contributed by atoms with Gasteiger partial charge in [0.25, 0.3) is 0 Å². The Morgan fingerprint density at radius 3 is 2.71 bits per heavy atom. The van der Waals surface area contributed by atoms with E-state index in [0.29, 0.717) is 31.1 Å². The Kier molecular flexibility index (Phi) is 7.06. The summed E-state index contributed by atoms with van der Waals surface area (Å²) >= 11 is 1.71. The van der Waals surface area contributed by atoms with Gasteiger partial charge < -0.3 is 14.8 Å². The Hall–Kier alpha value is -2.08. The van der Waals surface area contributed by atoms with Crippen LogP contribution in [-0.4, -0.2) is 31.2 Å². The van der Waals surface area contributed by atoms with Crippen LogP contribution in [0.4, 0.5) is 0 Å². The van der Waals surface area contributed by atoms with Gasteiger partial charge in [-0.15, -0.1) is 11.3 Å². The highest BCUT2D eigenvalue weighted by atomic mass is 32.1. The molecule has 2 aromatic rings. The smallest absolute Gasteiger partial charge is 0.223 e. The Labute approximate surface area is 147 Å². The number of nitrogens with zero attached hydrogens (tertiary/aromatic N) is 1. The highest BCUT2D eigenvalue weighted by Crippen LogP contribution is 2.25. The molecule has 2 rings (SSSR count). The number of ether oxygens (including phenoxy) is 2. The van der Waals surface area contributed by atoms with Crippen LogP contribution < -0.4 is 14.8 Å². The second-order valence-electron chi connectivity index (χ2n) is 5.31. The monoisotopic (exact) mass is 348 g/mol. The molecule has 0 aliphatic carbocycles. The molecule has 0 spiro atoms. The average Bonchev–Trinajstić information content (AvgIpc) is 2.95. The molecule has 0 saturated carbocycles. The van der Waals surface area contributed by atoms with Gasteiger partial charge in [-0.25, -0.2) is 4.98 Å². The van der Waals surface area contributed by atoms with Crippen molar-refractivity contribution >= 4 is 17.2 Å². The van der Waals surface area contributed by atoms with Crippen molar-refractivity contribution in [3.63, 3.8) is 0 Å². The van der Waals surface area contributed by atoms with Gasteiger partial charge in [-0.2, -0.15) is 0 Å². The highest BCUT2D eigenvalue weighted by Gasteiger charge is 2.08. The van der Waals surface area contributed by atoms with E-state index in [0.717, 1.165) is 23.5 Å². The molecular formula is C18H24N2O3S. The Balaban J connectivity index is 1.68. The van der Waals surface area contributed by atoms with Gasteiger partial charge in [0.05, 0.1) is 30.8 Å². The summed E-state index contributed by atoms with van der Waals surface area (Å²) in [6, 6.07) is 7.41. The lowest BCUT2D eigenvalue weighted by Crippen LogP contribution is -2.27. The lowest BCUT2D eigenvalue weighted by molar-refractivity contribution is -0.121. The number of nitrogens with one attached hydrogen (secondary N) is 1. The molecule has 1 aromatic heterocycles. The normalized spacial score (nSPS) is 10.5. The van der Waals surface area contributed by atoms with Crippen molar-refractivity contribution < 1.29 is 14.3 Å². The summed E-state index contributed by atoms with van der Waals surface area (Å²) in [4.78, 5) is 17.7. The number of amides is 1. The molecule has 0 fully saturated rings. The van der Waals surface area contributed by atoms with Gasteiger partial charge in [-0.05, 0) is 25.5 Å². The number of hydrogen-bond acceptors (Lipinski definition) is 5. The third-order valence-corrected chi connectivity index (χ3v) is 4.66. The molecule has 0 aliphatic rings. The van der Waals surface area contributed by atoms with Gasteiger partial charge in [-0.3, -0.25) is 4.79 Å². The molecule has 1 heterocycles. The fraction of sp³-hybridized carbons (Fsp3) is 0.444. The first-order valence-electron chi connectivity index (χ1n) is 8.11. The molecule has 0 atom stereocenters. The third-order valence-electron chi connectivity index (χ3n) is 3.59. The number of aryl methyl sites for hydroxylation is 2. The highest BCUT2D eigenvalue weighted by molar-refractivity contribution is 7.11. The number of thiazole rings is 1. The van der Waals surface area contributed by atoms with E-state index in [-0.39, 0.29) is 5.91 Å². The van der Waals surface area contributed by atoms with Crippen LogP contribution in [0.15, 0.2) is 24.3 Å². The third kappa shape index (κ3) is 5.23. The minimum absolute atomic E-state index is 0.0195. The Morgan fingerprint density at radius 2 is 2.04 bits per heavy atom. The van der Waals surface area contributed by atoms with Crippen LogP contribution >= 0.6 is 11.3 Å². The minimum Gasteiger partial charge on any atom is -0.493 e. The summed E-state index contributed by atoms with van der Waals surface area (Å²) < 4.78 is 10.8. The van der Waals surface area contributed by atoms with E-state index in [1.165, 1.54) is 4.88 Å². The predicted molar refractivity (Wildman–Crippen MR) is 96.0 cm³/mol. The Morgan fingerprint density at radius 1 is 1.29 bits per heavy atom. The predicted octanol–water partition coefficient (Wildman–Crippen LogP) is 3.15. The molecule has 0 radical (unpaired) electrons. The van der Waals surface area contributed by atoms with Crippen LogP contribution in [0, 0.1) is 6.92 Å². The lowest BCUT2D eigenvalue weighted by atomic mass is 10.3. The largest absolute Gasteiger partial charge is 0.493 e. The van der Waals surface area contributed by atoms with Gasteiger partial charge in [0.1, 0.15) is 0 Å². The lowest BCUT2D eigenvalue weighted by Gasteiger charge is -2.10. The van der Waals surface area contributed by atoms with Crippen molar-refractivity contribution in [3.05, 3.63) is 39.8 Å². The molecule has 6 heteroatoms.